The van der Waals surface area contributed by atoms with E-state index in [4.69, 9.17) is 0 Å². The molecule has 0 radical (unpaired) electrons. The van der Waals surface area contributed by atoms with Crippen LogP contribution in [0.5, 0.6) is 0 Å². The third-order valence-corrected chi connectivity index (χ3v) is 3.76. The summed E-state index contributed by atoms with van der Waals surface area (Å²) < 4.78 is 1.19. The van der Waals surface area contributed by atoms with Crippen LogP contribution in [0, 0.1) is 0 Å². The van der Waals surface area contributed by atoms with E-state index in [-0.39, 0.29) is 0 Å². The minimum Gasteiger partial charge on any atom is -0.372 e. The lowest BCUT2D eigenvalue weighted by atomic mass is 10.2. The van der Waals surface area contributed by atoms with Gasteiger partial charge in [0.05, 0.1) is 0 Å². The summed E-state index contributed by atoms with van der Waals surface area (Å²) in [5.41, 5.74) is 2.60. The number of halogens is 2. The van der Waals surface area contributed by atoms with Gasteiger partial charge in [0.1, 0.15) is 0 Å². The SMILES string of the molecule is CCCN(CC)c1ccc(CBr)c(Br)c1. The van der Waals surface area contributed by atoms with Crippen molar-refractivity contribution in [1.82, 2.24) is 0 Å². The van der Waals surface area contributed by atoms with E-state index in [1.807, 2.05) is 0 Å². The minimum atomic E-state index is 0.897. The van der Waals surface area contributed by atoms with Gasteiger partial charge in [0, 0.05) is 28.6 Å². The molecule has 0 saturated heterocycles. The summed E-state index contributed by atoms with van der Waals surface area (Å²) in [6.45, 7) is 6.59. The van der Waals surface area contributed by atoms with Gasteiger partial charge in [-0.2, -0.15) is 0 Å². The fourth-order valence-electron chi connectivity index (χ4n) is 1.58. The van der Waals surface area contributed by atoms with Crippen LogP contribution in [0.3, 0.4) is 0 Å². The highest BCUT2D eigenvalue weighted by molar-refractivity contribution is 9.10. The van der Waals surface area contributed by atoms with Crippen LogP contribution in [-0.4, -0.2) is 13.1 Å². The molecular weight excluding hydrogens is 318 g/mol. The van der Waals surface area contributed by atoms with Crippen molar-refractivity contribution >= 4 is 37.5 Å². The molecule has 0 atom stereocenters. The van der Waals surface area contributed by atoms with Crippen LogP contribution in [0.15, 0.2) is 22.7 Å². The molecular formula is C12H17Br2N. The first-order valence-corrected chi connectivity index (χ1v) is 7.23. The second-order valence-corrected chi connectivity index (χ2v) is 4.90. The fourth-order valence-corrected chi connectivity index (χ4v) is 2.95. The maximum absolute atomic E-state index is 3.60. The van der Waals surface area contributed by atoms with Gasteiger partial charge in [0.2, 0.25) is 0 Å². The van der Waals surface area contributed by atoms with E-state index >= 15 is 0 Å². The molecule has 0 aliphatic rings. The number of nitrogens with zero attached hydrogens (tertiary/aromatic N) is 1. The van der Waals surface area contributed by atoms with E-state index in [0.29, 0.717) is 0 Å². The molecule has 0 heterocycles. The van der Waals surface area contributed by atoms with Crippen LogP contribution in [0.2, 0.25) is 0 Å². The molecule has 84 valence electrons. The molecule has 0 N–H and O–H groups in total. The van der Waals surface area contributed by atoms with Crippen molar-refractivity contribution in [2.45, 2.75) is 25.6 Å². The highest BCUT2D eigenvalue weighted by atomic mass is 79.9. The van der Waals surface area contributed by atoms with Crippen molar-refractivity contribution < 1.29 is 0 Å². The molecule has 0 aliphatic heterocycles. The molecule has 0 fully saturated rings. The lowest BCUT2D eigenvalue weighted by molar-refractivity contribution is 0.791. The Hall–Kier alpha value is -0.0200. The second kappa shape index (κ2) is 6.54. The normalized spacial score (nSPS) is 10.4. The highest BCUT2D eigenvalue weighted by Gasteiger charge is 2.05. The molecule has 0 bridgehead atoms. The summed E-state index contributed by atoms with van der Waals surface area (Å²) in [4.78, 5) is 2.39. The predicted molar refractivity (Wildman–Crippen MR) is 75.0 cm³/mol. The van der Waals surface area contributed by atoms with E-state index in [1.54, 1.807) is 0 Å². The van der Waals surface area contributed by atoms with Crippen molar-refractivity contribution in [3.8, 4) is 0 Å². The number of anilines is 1. The summed E-state index contributed by atoms with van der Waals surface area (Å²) in [6.07, 6.45) is 1.19. The average Bonchev–Trinajstić information content (AvgIpc) is 2.25. The Balaban J connectivity index is 2.89. The van der Waals surface area contributed by atoms with Crippen LogP contribution in [0.4, 0.5) is 5.69 Å². The molecule has 1 nitrogen and oxygen atoms in total. The first kappa shape index (κ1) is 13.0. The van der Waals surface area contributed by atoms with Gasteiger partial charge in [0.25, 0.3) is 0 Å². The molecule has 0 saturated carbocycles. The number of rotatable bonds is 5. The molecule has 0 amide bonds. The maximum Gasteiger partial charge on any atom is 0.0377 e. The quantitative estimate of drug-likeness (QED) is 0.712. The Morgan fingerprint density at radius 2 is 2.00 bits per heavy atom. The number of benzene rings is 1. The van der Waals surface area contributed by atoms with E-state index in [2.05, 4.69) is 68.8 Å². The second-order valence-electron chi connectivity index (χ2n) is 3.49. The van der Waals surface area contributed by atoms with Crippen LogP contribution < -0.4 is 4.90 Å². The Morgan fingerprint density at radius 3 is 2.47 bits per heavy atom. The van der Waals surface area contributed by atoms with Crippen molar-refractivity contribution in [3.05, 3.63) is 28.2 Å². The first-order chi connectivity index (χ1) is 7.22. The monoisotopic (exact) mass is 333 g/mol. The molecule has 0 unspecified atom stereocenters. The zero-order valence-electron chi connectivity index (χ0n) is 9.26. The van der Waals surface area contributed by atoms with E-state index in [0.717, 1.165) is 18.4 Å². The molecule has 1 aromatic carbocycles. The van der Waals surface area contributed by atoms with Crippen molar-refractivity contribution in [2.24, 2.45) is 0 Å². The van der Waals surface area contributed by atoms with E-state index in [9.17, 15) is 0 Å². The molecule has 3 heteroatoms. The summed E-state index contributed by atoms with van der Waals surface area (Å²) in [5, 5.41) is 0.897. The first-order valence-electron chi connectivity index (χ1n) is 5.32. The number of alkyl halides is 1. The van der Waals surface area contributed by atoms with Crippen LogP contribution in [0.1, 0.15) is 25.8 Å². The lowest BCUT2D eigenvalue weighted by Gasteiger charge is -2.23. The fraction of sp³-hybridized carbons (Fsp3) is 0.500. The molecule has 0 aliphatic carbocycles. The minimum absolute atomic E-state index is 0.897. The smallest absolute Gasteiger partial charge is 0.0377 e. The van der Waals surface area contributed by atoms with Gasteiger partial charge in [-0.3, -0.25) is 0 Å². The summed E-state index contributed by atoms with van der Waals surface area (Å²) in [6, 6.07) is 6.57. The molecule has 1 aromatic rings. The van der Waals surface area contributed by atoms with Crippen molar-refractivity contribution in [2.75, 3.05) is 18.0 Å². The number of hydrogen-bond acceptors (Lipinski definition) is 1. The van der Waals surface area contributed by atoms with Gasteiger partial charge in [-0.05, 0) is 31.0 Å². The zero-order valence-corrected chi connectivity index (χ0v) is 12.4. The Bertz CT molecular complexity index is 312. The predicted octanol–water partition coefficient (Wildman–Crippen LogP) is 4.58. The Labute approximate surface area is 109 Å². The zero-order chi connectivity index (χ0) is 11.3. The van der Waals surface area contributed by atoms with E-state index in [1.165, 1.54) is 22.1 Å². The average molecular weight is 335 g/mol. The molecule has 1 rings (SSSR count). The van der Waals surface area contributed by atoms with Crippen molar-refractivity contribution in [1.29, 1.82) is 0 Å². The largest absolute Gasteiger partial charge is 0.372 e. The maximum atomic E-state index is 3.60. The lowest BCUT2D eigenvalue weighted by Crippen LogP contribution is -2.23. The van der Waals surface area contributed by atoms with Gasteiger partial charge < -0.3 is 4.90 Å². The number of hydrogen-bond donors (Lipinski definition) is 0. The summed E-state index contributed by atoms with van der Waals surface area (Å²) in [7, 11) is 0. The van der Waals surface area contributed by atoms with Crippen LogP contribution >= 0.6 is 31.9 Å². The summed E-state index contributed by atoms with van der Waals surface area (Å²) >= 11 is 7.07. The molecule has 15 heavy (non-hydrogen) atoms. The highest BCUT2D eigenvalue weighted by Crippen LogP contribution is 2.25. The van der Waals surface area contributed by atoms with E-state index < -0.39 is 0 Å². The third-order valence-electron chi connectivity index (χ3n) is 2.42. The van der Waals surface area contributed by atoms with Crippen LogP contribution in [0.25, 0.3) is 0 Å². The Morgan fingerprint density at radius 1 is 1.27 bits per heavy atom. The topological polar surface area (TPSA) is 3.24 Å². The van der Waals surface area contributed by atoms with Gasteiger partial charge >= 0.3 is 0 Å². The van der Waals surface area contributed by atoms with Gasteiger partial charge in [-0.1, -0.05) is 44.8 Å². The van der Waals surface area contributed by atoms with Gasteiger partial charge in [-0.15, -0.1) is 0 Å². The van der Waals surface area contributed by atoms with Crippen molar-refractivity contribution in [3.63, 3.8) is 0 Å². The van der Waals surface area contributed by atoms with Crippen LogP contribution in [-0.2, 0) is 5.33 Å². The van der Waals surface area contributed by atoms with Gasteiger partial charge in [0.15, 0.2) is 0 Å². The Kier molecular flexibility index (Phi) is 5.69. The molecule has 0 spiro atoms. The third kappa shape index (κ3) is 3.49. The molecule has 0 aromatic heterocycles. The van der Waals surface area contributed by atoms with Gasteiger partial charge in [-0.25, -0.2) is 0 Å². The summed E-state index contributed by atoms with van der Waals surface area (Å²) in [5.74, 6) is 0. The standard InChI is InChI=1S/C12H17Br2N/c1-3-7-15(4-2)11-6-5-10(9-13)12(14)8-11/h5-6,8H,3-4,7,9H2,1-2H3.